The van der Waals surface area contributed by atoms with Crippen molar-refractivity contribution in [2.24, 2.45) is 0 Å². The zero-order valence-electron chi connectivity index (χ0n) is 15.2. The molecule has 2 aliphatic heterocycles. The normalized spacial score (nSPS) is 25.4. The number of carbonyl (C=O) groups is 1. The second-order valence-corrected chi connectivity index (χ2v) is 7.25. The summed E-state index contributed by atoms with van der Waals surface area (Å²) in [5.41, 5.74) is 2.06. The summed E-state index contributed by atoms with van der Waals surface area (Å²) >= 11 is 0. The van der Waals surface area contributed by atoms with Crippen LogP contribution in [0.3, 0.4) is 0 Å². The van der Waals surface area contributed by atoms with Crippen molar-refractivity contribution in [1.82, 2.24) is 10.2 Å². The molecule has 136 valence electrons. The molecule has 2 aromatic carbocycles. The summed E-state index contributed by atoms with van der Waals surface area (Å²) in [5, 5.41) is 3.73. The molecular formula is C22H26N2O2. The van der Waals surface area contributed by atoms with Gasteiger partial charge in [-0.2, -0.15) is 0 Å². The monoisotopic (exact) mass is 350 g/mol. The summed E-state index contributed by atoms with van der Waals surface area (Å²) < 4.78 is 5.22. The number of rotatable bonds is 3. The van der Waals surface area contributed by atoms with E-state index < -0.39 is 0 Å². The lowest BCUT2D eigenvalue weighted by atomic mass is 9.90. The topological polar surface area (TPSA) is 41.6 Å². The predicted octanol–water partition coefficient (Wildman–Crippen LogP) is 3.45. The lowest BCUT2D eigenvalue weighted by Gasteiger charge is -2.27. The van der Waals surface area contributed by atoms with Gasteiger partial charge in [0.2, 0.25) is 0 Å². The molecule has 4 nitrogen and oxygen atoms in total. The second-order valence-electron chi connectivity index (χ2n) is 7.25. The Bertz CT molecular complexity index is 744. The van der Waals surface area contributed by atoms with Gasteiger partial charge in [-0.15, -0.1) is 0 Å². The van der Waals surface area contributed by atoms with Crippen LogP contribution in [-0.2, 0) is 0 Å². The van der Waals surface area contributed by atoms with E-state index in [1.807, 2.05) is 24.3 Å². The minimum Gasteiger partial charge on any atom is -0.497 e. The molecule has 2 aromatic rings. The fourth-order valence-corrected chi connectivity index (χ4v) is 4.43. The van der Waals surface area contributed by atoms with E-state index in [1.54, 1.807) is 7.11 Å². The third-order valence-electron chi connectivity index (χ3n) is 5.77. The maximum Gasteiger partial charge on any atom is 0.254 e. The van der Waals surface area contributed by atoms with Gasteiger partial charge in [-0.3, -0.25) is 4.79 Å². The number of benzene rings is 2. The Hall–Kier alpha value is -2.33. The van der Waals surface area contributed by atoms with Crippen LogP contribution >= 0.6 is 0 Å². The standard InChI is InChI=1S/C22H26N2O2/c1-26-18-12-10-17(11-13-18)22(25)24-15-19(16-7-3-2-4-8-16)21-20(24)9-5-6-14-23-21/h2-4,7-8,10-13,19-21,23H,5-6,9,14-15H2,1H3/t19-,20-,21-/m0/s1. The number of fused-ring (bicyclic) bond motifs is 1. The van der Waals surface area contributed by atoms with E-state index in [9.17, 15) is 4.79 Å². The van der Waals surface area contributed by atoms with Crippen LogP contribution in [0.2, 0.25) is 0 Å². The molecule has 2 fully saturated rings. The summed E-state index contributed by atoms with van der Waals surface area (Å²) in [4.78, 5) is 15.3. The second kappa shape index (κ2) is 7.50. The van der Waals surface area contributed by atoms with Gasteiger partial charge in [0, 0.05) is 30.1 Å². The number of ether oxygens (including phenoxy) is 1. The Morgan fingerprint density at radius 1 is 1.08 bits per heavy atom. The molecule has 3 atom stereocenters. The first-order valence-electron chi connectivity index (χ1n) is 9.51. The summed E-state index contributed by atoms with van der Waals surface area (Å²) in [7, 11) is 1.64. The first kappa shape index (κ1) is 17.1. The highest BCUT2D eigenvalue weighted by atomic mass is 16.5. The zero-order valence-corrected chi connectivity index (χ0v) is 15.2. The Morgan fingerprint density at radius 3 is 2.58 bits per heavy atom. The van der Waals surface area contributed by atoms with Crippen molar-refractivity contribution in [2.45, 2.75) is 37.3 Å². The van der Waals surface area contributed by atoms with E-state index in [1.165, 1.54) is 18.4 Å². The molecule has 0 spiro atoms. The van der Waals surface area contributed by atoms with Gasteiger partial charge in [0.25, 0.3) is 5.91 Å². The lowest BCUT2D eigenvalue weighted by Crippen LogP contribution is -2.44. The highest BCUT2D eigenvalue weighted by Crippen LogP contribution is 2.36. The molecule has 0 aromatic heterocycles. The van der Waals surface area contributed by atoms with E-state index in [2.05, 4.69) is 40.5 Å². The molecule has 2 aliphatic rings. The van der Waals surface area contributed by atoms with Gasteiger partial charge in [0.15, 0.2) is 0 Å². The van der Waals surface area contributed by atoms with Crippen molar-refractivity contribution >= 4 is 5.91 Å². The fourth-order valence-electron chi connectivity index (χ4n) is 4.43. The highest BCUT2D eigenvalue weighted by Gasteiger charge is 2.44. The van der Waals surface area contributed by atoms with Crippen molar-refractivity contribution in [2.75, 3.05) is 20.2 Å². The molecule has 0 radical (unpaired) electrons. The van der Waals surface area contributed by atoms with Crippen molar-refractivity contribution in [3.63, 3.8) is 0 Å². The number of carbonyl (C=O) groups excluding carboxylic acids is 1. The first-order chi connectivity index (χ1) is 12.8. The quantitative estimate of drug-likeness (QED) is 0.922. The molecule has 0 bridgehead atoms. The van der Waals surface area contributed by atoms with Crippen LogP contribution in [0.4, 0.5) is 0 Å². The van der Waals surface area contributed by atoms with Gasteiger partial charge in [-0.1, -0.05) is 36.8 Å². The third-order valence-corrected chi connectivity index (χ3v) is 5.77. The first-order valence-corrected chi connectivity index (χ1v) is 9.51. The van der Waals surface area contributed by atoms with E-state index in [0.717, 1.165) is 30.8 Å². The molecule has 1 N–H and O–H groups in total. The van der Waals surface area contributed by atoms with E-state index in [0.29, 0.717) is 12.0 Å². The molecule has 4 heteroatoms. The van der Waals surface area contributed by atoms with Crippen LogP contribution in [0.15, 0.2) is 54.6 Å². The van der Waals surface area contributed by atoms with Crippen molar-refractivity contribution in [1.29, 1.82) is 0 Å². The van der Waals surface area contributed by atoms with Crippen LogP contribution in [0.1, 0.15) is 41.1 Å². The lowest BCUT2D eigenvalue weighted by molar-refractivity contribution is 0.0721. The van der Waals surface area contributed by atoms with Gasteiger partial charge in [0.05, 0.1) is 7.11 Å². The number of likely N-dealkylation sites (tertiary alicyclic amines) is 1. The largest absolute Gasteiger partial charge is 0.497 e. The average Bonchev–Trinajstić information content (AvgIpc) is 2.89. The van der Waals surface area contributed by atoms with E-state index >= 15 is 0 Å². The van der Waals surface area contributed by atoms with Crippen molar-refractivity contribution in [3.05, 3.63) is 65.7 Å². The molecule has 26 heavy (non-hydrogen) atoms. The van der Waals surface area contributed by atoms with Crippen LogP contribution in [0.25, 0.3) is 0 Å². The fraction of sp³-hybridized carbons (Fsp3) is 0.409. The molecule has 2 heterocycles. The Labute approximate surface area is 155 Å². The van der Waals surface area contributed by atoms with Crippen LogP contribution in [0.5, 0.6) is 5.75 Å². The molecule has 0 aliphatic carbocycles. The number of amides is 1. The Morgan fingerprint density at radius 2 is 1.85 bits per heavy atom. The van der Waals surface area contributed by atoms with Gasteiger partial charge >= 0.3 is 0 Å². The summed E-state index contributed by atoms with van der Waals surface area (Å²) in [6.07, 6.45) is 3.42. The molecule has 2 saturated heterocycles. The minimum absolute atomic E-state index is 0.129. The smallest absolute Gasteiger partial charge is 0.254 e. The minimum atomic E-state index is 0.129. The number of hydrogen-bond donors (Lipinski definition) is 1. The molecule has 0 unspecified atom stereocenters. The predicted molar refractivity (Wildman–Crippen MR) is 103 cm³/mol. The van der Waals surface area contributed by atoms with Crippen LogP contribution < -0.4 is 10.1 Å². The summed E-state index contributed by atoms with van der Waals surface area (Å²) in [5.74, 6) is 1.26. The summed E-state index contributed by atoms with van der Waals surface area (Å²) in [6.45, 7) is 1.81. The van der Waals surface area contributed by atoms with Crippen molar-refractivity contribution in [3.8, 4) is 5.75 Å². The molecular weight excluding hydrogens is 324 g/mol. The maximum absolute atomic E-state index is 13.2. The third kappa shape index (κ3) is 3.21. The number of hydrogen-bond acceptors (Lipinski definition) is 3. The molecule has 1 amide bonds. The molecule has 0 saturated carbocycles. The zero-order chi connectivity index (χ0) is 17.9. The Kier molecular flexibility index (Phi) is 4.93. The van der Waals surface area contributed by atoms with Crippen LogP contribution in [-0.4, -0.2) is 43.1 Å². The highest BCUT2D eigenvalue weighted by molar-refractivity contribution is 5.95. The SMILES string of the molecule is COc1ccc(C(=O)N2C[C@@H](c3ccccc3)[C@@H]3NCCCC[C@@H]32)cc1. The van der Waals surface area contributed by atoms with Gasteiger partial charge in [0.1, 0.15) is 5.75 Å². The number of methoxy groups -OCH3 is 1. The van der Waals surface area contributed by atoms with E-state index in [4.69, 9.17) is 4.74 Å². The number of nitrogens with one attached hydrogen (secondary N) is 1. The summed E-state index contributed by atoms with van der Waals surface area (Å²) in [6, 6.07) is 18.7. The molecule has 4 rings (SSSR count). The number of nitrogens with zero attached hydrogens (tertiary/aromatic N) is 1. The van der Waals surface area contributed by atoms with E-state index in [-0.39, 0.29) is 11.9 Å². The van der Waals surface area contributed by atoms with Gasteiger partial charge < -0.3 is 15.0 Å². The Balaban J connectivity index is 1.63. The van der Waals surface area contributed by atoms with Crippen LogP contribution in [0, 0.1) is 0 Å². The maximum atomic E-state index is 13.2. The average molecular weight is 350 g/mol. The van der Waals surface area contributed by atoms with Gasteiger partial charge in [-0.25, -0.2) is 0 Å². The van der Waals surface area contributed by atoms with Crippen molar-refractivity contribution < 1.29 is 9.53 Å². The van der Waals surface area contributed by atoms with Gasteiger partial charge in [-0.05, 0) is 49.2 Å².